The molecule has 0 fully saturated rings. The van der Waals surface area contributed by atoms with E-state index in [0.29, 0.717) is 5.56 Å². The van der Waals surface area contributed by atoms with Gasteiger partial charge in [0.1, 0.15) is 5.82 Å². The van der Waals surface area contributed by atoms with Crippen molar-refractivity contribution in [3.8, 4) is 11.1 Å². The van der Waals surface area contributed by atoms with Gasteiger partial charge in [-0.25, -0.2) is 4.39 Å². The number of halogens is 1. The Morgan fingerprint density at radius 2 is 0.900 bits per heavy atom. The molecule has 1 aliphatic rings. The number of hydrogen-bond acceptors (Lipinski definition) is 2. The van der Waals surface area contributed by atoms with Crippen LogP contribution in [0.5, 0.6) is 0 Å². The highest BCUT2D eigenvalue weighted by Crippen LogP contribution is 2.50. The third-order valence-electron chi connectivity index (χ3n) is 12.9. The van der Waals surface area contributed by atoms with Crippen LogP contribution in [0.4, 0.5) is 38.5 Å². The van der Waals surface area contributed by atoms with Gasteiger partial charge in [-0.3, -0.25) is 0 Å². The molecule has 0 spiro atoms. The Morgan fingerprint density at radius 3 is 1.42 bits per heavy atom. The Morgan fingerprint density at radius 1 is 0.433 bits per heavy atom. The summed E-state index contributed by atoms with van der Waals surface area (Å²) in [4.78, 5) is 4.76. The molecule has 0 radical (unpaired) electrons. The zero-order valence-electron chi connectivity index (χ0n) is 38.8. The van der Waals surface area contributed by atoms with Crippen LogP contribution >= 0.6 is 0 Å². The van der Waals surface area contributed by atoms with Crippen LogP contribution < -0.4 is 9.80 Å². The first kappa shape index (κ1) is 43.0. The van der Waals surface area contributed by atoms with E-state index in [1.165, 1.54) is 22.3 Å². The Hall–Kier alpha value is -5.15. The quantitative estimate of drug-likeness (QED) is 0.159. The minimum absolute atomic E-state index is 0.00396. The molecule has 0 N–H and O–H groups in total. The second kappa shape index (κ2) is 15.4. The van der Waals surface area contributed by atoms with Gasteiger partial charge in [0.15, 0.2) is 0 Å². The molecule has 312 valence electrons. The third-order valence-corrected chi connectivity index (χ3v) is 12.9. The summed E-state index contributed by atoms with van der Waals surface area (Å²) in [6.07, 6.45) is 2.26. The monoisotopic (exact) mass is 799 g/mol. The molecule has 0 aliphatic heterocycles. The van der Waals surface area contributed by atoms with Crippen molar-refractivity contribution in [3.05, 3.63) is 167 Å². The SMILES string of the molecule is Cc1cc(N(c2ccc(C(C)(C)C)cc2)c2ccc(C(C)(C)C)cc2)cc(N(c2ccc3c(c2)C(C)(C)CCC3(C)C)c2ccc(C(C)(C)C)cc2-c2ccccc2F)c1. The van der Waals surface area contributed by atoms with Crippen LogP contribution in [-0.4, -0.2) is 0 Å². The van der Waals surface area contributed by atoms with Gasteiger partial charge in [-0.1, -0.05) is 145 Å². The van der Waals surface area contributed by atoms with E-state index in [1.807, 2.05) is 12.1 Å². The molecule has 6 aromatic rings. The normalized spacial score (nSPS) is 15.1. The van der Waals surface area contributed by atoms with Crippen molar-refractivity contribution in [1.82, 2.24) is 0 Å². The average Bonchev–Trinajstić information content (AvgIpc) is 3.16. The van der Waals surface area contributed by atoms with E-state index in [-0.39, 0.29) is 32.9 Å². The van der Waals surface area contributed by atoms with Crippen LogP contribution in [-0.2, 0) is 27.1 Å². The molecule has 6 aromatic carbocycles. The lowest BCUT2D eigenvalue weighted by Crippen LogP contribution is -2.34. The predicted octanol–water partition coefficient (Wildman–Crippen LogP) is 17.0. The summed E-state index contributed by atoms with van der Waals surface area (Å²) in [6.45, 7) is 32.0. The van der Waals surface area contributed by atoms with E-state index >= 15 is 4.39 Å². The standard InChI is InChI=1S/C57H67FN2/c1-38-33-45(59(42-24-19-39(20-25-42)53(2,3)4)43-26-21-40(22-27-43)54(5,6)7)36-46(34-38)60(44-28-29-49-50(37-44)57(13,14)32-31-56(49,11)12)52-30-23-41(55(8,9)10)35-48(52)47-17-15-16-18-51(47)58/h15-30,33-37H,31-32H2,1-14H3. The van der Waals surface area contributed by atoms with Crippen LogP contribution in [0, 0.1) is 12.7 Å². The Labute approximate surface area is 361 Å². The van der Waals surface area contributed by atoms with Crippen LogP contribution in [0.25, 0.3) is 11.1 Å². The summed E-state index contributed by atoms with van der Waals surface area (Å²) in [7, 11) is 0. The van der Waals surface area contributed by atoms with Crippen molar-refractivity contribution in [3.63, 3.8) is 0 Å². The molecular weight excluding hydrogens is 732 g/mol. The maximum Gasteiger partial charge on any atom is 0.131 e. The molecule has 0 saturated carbocycles. The number of anilines is 6. The van der Waals surface area contributed by atoms with E-state index < -0.39 is 0 Å². The number of hydrogen-bond donors (Lipinski definition) is 0. The molecule has 7 rings (SSSR count). The molecule has 0 atom stereocenters. The smallest absolute Gasteiger partial charge is 0.131 e. The lowest BCUT2D eigenvalue weighted by molar-refractivity contribution is 0.332. The fourth-order valence-electron chi connectivity index (χ4n) is 8.91. The van der Waals surface area contributed by atoms with Gasteiger partial charge in [0, 0.05) is 39.6 Å². The highest BCUT2D eigenvalue weighted by molar-refractivity contribution is 5.91. The van der Waals surface area contributed by atoms with Crippen LogP contribution in [0.1, 0.15) is 136 Å². The molecule has 0 aromatic heterocycles. The van der Waals surface area contributed by atoms with Gasteiger partial charge in [-0.2, -0.15) is 0 Å². The van der Waals surface area contributed by atoms with Gasteiger partial charge in [0.2, 0.25) is 0 Å². The van der Waals surface area contributed by atoms with E-state index in [0.717, 1.165) is 63.7 Å². The van der Waals surface area contributed by atoms with Gasteiger partial charge >= 0.3 is 0 Å². The van der Waals surface area contributed by atoms with Crippen molar-refractivity contribution >= 4 is 34.1 Å². The van der Waals surface area contributed by atoms with Gasteiger partial charge in [-0.15, -0.1) is 0 Å². The summed E-state index contributed by atoms with van der Waals surface area (Å²) >= 11 is 0. The third kappa shape index (κ3) is 8.56. The van der Waals surface area contributed by atoms with Gasteiger partial charge in [0.25, 0.3) is 0 Å². The Balaban J connectivity index is 1.52. The topological polar surface area (TPSA) is 6.48 Å². The summed E-state index contributed by atoms with van der Waals surface area (Å²) in [5, 5.41) is 0. The summed E-state index contributed by atoms with van der Waals surface area (Å²) in [6, 6.07) is 45.9. The maximum atomic E-state index is 16.2. The first-order chi connectivity index (χ1) is 27.9. The molecule has 0 bridgehead atoms. The van der Waals surface area contributed by atoms with E-state index in [4.69, 9.17) is 0 Å². The second-order valence-electron chi connectivity index (χ2n) is 21.8. The number of benzene rings is 6. The Kier molecular flexibility index (Phi) is 11.0. The van der Waals surface area contributed by atoms with Crippen molar-refractivity contribution in [2.24, 2.45) is 0 Å². The predicted molar refractivity (Wildman–Crippen MR) is 257 cm³/mol. The van der Waals surface area contributed by atoms with Crippen LogP contribution in [0.2, 0.25) is 0 Å². The average molecular weight is 799 g/mol. The molecule has 0 amide bonds. The second-order valence-corrected chi connectivity index (χ2v) is 21.8. The molecule has 1 aliphatic carbocycles. The lowest BCUT2D eigenvalue weighted by Gasteiger charge is -2.42. The highest BCUT2D eigenvalue weighted by Gasteiger charge is 2.38. The molecular formula is C57H67FN2. The zero-order chi connectivity index (χ0) is 43.6. The van der Waals surface area contributed by atoms with Crippen molar-refractivity contribution in [1.29, 1.82) is 0 Å². The molecule has 60 heavy (non-hydrogen) atoms. The van der Waals surface area contributed by atoms with Crippen molar-refractivity contribution in [2.45, 2.75) is 137 Å². The van der Waals surface area contributed by atoms with Crippen LogP contribution in [0.3, 0.4) is 0 Å². The fourth-order valence-corrected chi connectivity index (χ4v) is 8.91. The molecule has 0 unspecified atom stereocenters. The lowest BCUT2D eigenvalue weighted by atomic mass is 9.63. The summed E-state index contributed by atoms with van der Waals surface area (Å²) < 4.78 is 16.2. The first-order valence-corrected chi connectivity index (χ1v) is 21.9. The van der Waals surface area contributed by atoms with E-state index in [2.05, 4.69) is 210 Å². The summed E-state index contributed by atoms with van der Waals surface area (Å²) in [5.41, 5.74) is 15.4. The number of rotatable bonds is 7. The number of aryl methyl sites for hydroxylation is 1. The van der Waals surface area contributed by atoms with E-state index in [1.54, 1.807) is 12.1 Å². The minimum Gasteiger partial charge on any atom is -0.310 e. The maximum absolute atomic E-state index is 16.2. The zero-order valence-corrected chi connectivity index (χ0v) is 38.8. The first-order valence-electron chi connectivity index (χ1n) is 21.9. The van der Waals surface area contributed by atoms with E-state index in [9.17, 15) is 0 Å². The van der Waals surface area contributed by atoms with Crippen molar-refractivity contribution in [2.75, 3.05) is 9.80 Å². The molecule has 0 saturated heterocycles. The highest BCUT2D eigenvalue weighted by atomic mass is 19.1. The number of fused-ring (bicyclic) bond motifs is 1. The Bertz CT molecular complexity index is 2440. The van der Waals surface area contributed by atoms with Gasteiger partial charge < -0.3 is 9.80 Å². The van der Waals surface area contributed by atoms with Crippen LogP contribution in [0.15, 0.2) is 127 Å². The largest absolute Gasteiger partial charge is 0.310 e. The molecule has 0 heterocycles. The summed E-state index contributed by atoms with van der Waals surface area (Å²) in [5.74, 6) is -0.230. The fraction of sp³-hybridized carbons (Fsp3) is 0.368. The number of nitrogens with zero attached hydrogens (tertiary/aromatic N) is 2. The minimum atomic E-state index is -0.230. The molecule has 2 nitrogen and oxygen atoms in total. The van der Waals surface area contributed by atoms with Crippen molar-refractivity contribution < 1.29 is 4.39 Å². The van der Waals surface area contributed by atoms with Gasteiger partial charge in [-0.05, 0) is 153 Å². The van der Waals surface area contributed by atoms with Gasteiger partial charge in [0.05, 0.1) is 5.69 Å². The molecule has 3 heteroatoms.